The zero-order valence-electron chi connectivity index (χ0n) is 12.0. The summed E-state index contributed by atoms with van der Waals surface area (Å²) in [5.41, 5.74) is 0.940. The first-order valence-electron chi connectivity index (χ1n) is 6.72. The van der Waals surface area contributed by atoms with E-state index < -0.39 is 0 Å². The lowest BCUT2D eigenvalue weighted by Crippen LogP contribution is -2.29. The van der Waals surface area contributed by atoms with Gasteiger partial charge in [-0.15, -0.1) is 5.10 Å². The summed E-state index contributed by atoms with van der Waals surface area (Å²) in [4.78, 5) is 22.6. The smallest absolute Gasteiger partial charge is 0.241 e. The summed E-state index contributed by atoms with van der Waals surface area (Å²) in [5, 5.41) is 12.7. The van der Waals surface area contributed by atoms with Crippen LogP contribution in [0.4, 0.5) is 10.2 Å². The largest absolute Gasteiger partial charge is 0.354 e. The third-order valence-corrected chi connectivity index (χ3v) is 2.80. The van der Waals surface area contributed by atoms with Gasteiger partial charge >= 0.3 is 0 Å². The second-order valence-corrected chi connectivity index (χ2v) is 4.71. The van der Waals surface area contributed by atoms with E-state index in [4.69, 9.17) is 0 Å². The first kappa shape index (κ1) is 15.6. The number of anilines is 1. The summed E-state index contributed by atoms with van der Waals surface area (Å²) in [6.45, 7) is 1.81. The lowest BCUT2D eigenvalue weighted by Gasteiger charge is -2.05. The fraction of sp³-hybridized carbons (Fsp3) is 0.286. The van der Waals surface area contributed by atoms with Crippen LogP contribution in [0.3, 0.4) is 0 Å². The topological polar surface area (TPSA) is 88.9 Å². The average Bonchev–Trinajstić information content (AvgIpc) is 2.87. The van der Waals surface area contributed by atoms with Gasteiger partial charge in [-0.2, -0.15) is 0 Å². The van der Waals surface area contributed by atoms with Crippen LogP contribution >= 0.6 is 0 Å². The zero-order chi connectivity index (χ0) is 15.9. The number of hydrogen-bond acceptors (Lipinski definition) is 4. The summed E-state index contributed by atoms with van der Waals surface area (Å²) >= 11 is 0. The van der Waals surface area contributed by atoms with Gasteiger partial charge in [-0.05, 0) is 24.1 Å². The quantitative estimate of drug-likeness (QED) is 0.823. The number of nitrogens with one attached hydrogen (secondary N) is 2. The predicted molar refractivity (Wildman–Crippen MR) is 77.4 cm³/mol. The number of rotatable bonds is 6. The van der Waals surface area contributed by atoms with Crippen molar-refractivity contribution in [3.63, 3.8) is 0 Å². The normalized spacial score (nSPS) is 10.3. The van der Waals surface area contributed by atoms with E-state index in [0.29, 0.717) is 18.8 Å². The molecule has 0 fully saturated rings. The number of amides is 2. The van der Waals surface area contributed by atoms with Crippen LogP contribution in [-0.4, -0.2) is 33.4 Å². The number of nitrogens with zero attached hydrogens (tertiary/aromatic N) is 3. The van der Waals surface area contributed by atoms with Crippen LogP contribution in [0.25, 0.3) is 0 Å². The molecular formula is C14H16FN5O2. The number of benzene rings is 1. The van der Waals surface area contributed by atoms with Crippen LogP contribution in [-0.2, 0) is 22.6 Å². The molecule has 1 aromatic heterocycles. The van der Waals surface area contributed by atoms with Crippen LogP contribution in [0.2, 0.25) is 0 Å². The maximum absolute atomic E-state index is 12.7. The molecule has 2 amide bonds. The van der Waals surface area contributed by atoms with Gasteiger partial charge < -0.3 is 10.6 Å². The van der Waals surface area contributed by atoms with E-state index >= 15 is 0 Å². The van der Waals surface area contributed by atoms with Gasteiger partial charge in [0.15, 0.2) is 5.82 Å². The Kier molecular flexibility index (Phi) is 5.18. The van der Waals surface area contributed by atoms with Gasteiger partial charge in [0, 0.05) is 13.5 Å². The van der Waals surface area contributed by atoms with E-state index in [1.54, 1.807) is 12.1 Å². The number of halogens is 1. The molecule has 0 unspecified atom stereocenters. The summed E-state index contributed by atoms with van der Waals surface area (Å²) < 4.78 is 14.1. The van der Waals surface area contributed by atoms with Crippen molar-refractivity contribution in [1.82, 2.24) is 20.3 Å². The molecule has 2 N–H and O–H groups in total. The first-order chi connectivity index (χ1) is 10.5. The summed E-state index contributed by atoms with van der Waals surface area (Å²) in [6.07, 6.45) is 2.08. The fourth-order valence-corrected chi connectivity index (χ4v) is 1.81. The first-order valence-corrected chi connectivity index (χ1v) is 6.72. The molecule has 0 radical (unpaired) electrons. The highest BCUT2D eigenvalue weighted by atomic mass is 19.1. The molecule has 0 bridgehead atoms. The number of hydrogen-bond donors (Lipinski definition) is 2. The third-order valence-electron chi connectivity index (χ3n) is 2.80. The number of carbonyl (C=O) groups excluding carboxylic acids is 2. The molecule has 2 rings (SSSR count). The van der Waals surface area contributed by atoms with Gasteiger partial charge in [-0.3, -0.25) is 9.59 Å². The van der Waals surface area contributed by atoms with Crippen molar-refractivity contribution in [3.05, 3.63) is 41.8 Å². The van der Waals surface area contributed by atoms with E-state index in [0.717, 1.165) is 5.56 Å². The van der Waals surface area contributed by atoms with Crippen LogP contribution < -0.4 is 10.6 Å². The maximum Gasteiger partial charge on any atom is 0.241 e. The SMILES string of the molecule is CC(=O)Nc1cn(CC(=O)NCCc2ccc(F)cc2)nn1. The molecular weight excluding hydrogens is 289 g/mol. The van der Waals surface area contributed by atoms with Crippen molar-refractivity contribution in [2.45, 2.75) is 19.9 Å². The highest BCUT2D eigenvalue weighted by Gasteiger charge is 2.06. The highest BCUT2D eigenvalue weighted by Crippen LogP contribution is 2.03. The molecule has 0 aliphatic heterocycles. The van der Waals surface area contributed by atoms with E-state index in [-0.39, 0.29) is 24.2 Å². The second kappa shape index (κ2) is 7.30. The lowest BCUT2D eigenvalue weighted by atomic mass is 10.1. The Balaban J connectivity index is 1.74. The Morgan fingerprint density at radius 1 is 1.27 bits per heavy atom. The molecule has 0 saturated carbocycles. The third kappa shape index (κ3) is 4.97. The van der Waals surface area contributed by atoms with Gasteiger partial charge in [0.2, 0.25) is 11.8 Å². The number of aromatic nitrogens is 3. The molecule has 0 aliphatic carbocycles. The Morgan fingerprint density at radius 2 is 2.00 bits per heavy atom. The molecule has 0 saturated heterocycles. The molecule has 8 heteroatoms. The van der Waals surface area contributed by atoms with E-state index in [1.807, 2.05) is 0 Å². The molecule has 1 aromatic carbocycles. The van der Waals surface area contributed by atoms with Gasteiger partial charge in [0.05, 0.1) is 6.20 Å². The standard InChI is InChI=1S/C14H16FN5O2/c1-10(21)17-13-8-20(19-18-13)9-14(22)16-7-6-11-2-4-12(15)5-3-11/h2-5,8H,6-7,9H2,1H3,(H,16,22)(H,17,21). The maximum atomic E-state index is 12.7. The summed E-state index contributed by atoms with van der Waals surface area (Å²) in [7, 11) is 0. The van der Waals surface area contributed by atoms with Gasteiger partial charge in [0.25, 0.3) is 0 Å². The molecule has 0 spiro atoms. The van der Waals surface area contributed by atoms with Crippen molar-refractivity contribution in [2.75, 3.05) is 11.9 Å². The van der Waals surface area contributed by atoms with Crippen LogP contribution in [0.5, 0.6) is 0 Å². The minimum atomic E-state index is -0.283. The van der Waals surface area contributed by atoms with Crippen molar-refractivity contribution < 1.29 is 14.0 Å². The molecule has 0 aliphatic rings. The lowest BCUT2D eigenvalue weighted by molar-refractivity contribution is -0.121. The van der Waals surface area contributed by atoms with Crippen LogP contribution in [0, 0.1) is 5.82 Å². The Hall–Kier alpha value is -2.77. The van der Waals surface area contributed by atoms with Crippen molar-refractivity contribution in [2.24, 2.45) is 0 Å². The van der Waals surface area contributed by atoms with E-state index in [2.05, 4.69) is 20.9 Å². The Labute approximate surface area is 126 Å². The van der Waals surface area contributed by atoms with Crippen LogP contribution in [0.1, 0.15) is 12.5 Å². The second-order valence-electron chi connectivity index (χ2n) is 4.71. The Bertz CT molecular complexity index is 654. The van der Waals surface area contributed by atoms with Crippen LogP contribution in [0.15, 0.2) is 30.5 Å². The van der Waals surface area contributed by atoms with Crippen molar-refractivity contribution >= 4 is 17.6 Å². The van der Waals surface area contributed by atoms with Gasteiger partial charge in [0.1, 0.15) is 12.4 Å². The fourth-order valence-electron chi connectivity index (χ4n) is 1.81. The minimum absolute atomic E-state index is 0.00992. The molecule has 0 atom stereocenters. The van der Waals surface area contributed by atoms with Gasteiger partial charge in [-0.25, -0.2) is 9.07 Å². The predicted octanol–water partition coefficient (Wildman–Crippen LogP) is 0.734. The molecule has 2 aromatic rings. The monoisotopic (exact) mass is 305 g/mol. The molecule has 7 nitrogen and oxygen atoms in total. The average molecular weight is 305 g/mol. The molecule has 116 valence electrons. The van der Waals surface area contributed by atoms with Crippen molar-refractivity contribution in [1.29, 1.82) is 0 Å². The number of carbonyl (C=O) groups is 2. The van der Waals surface area contributed by atoms with E-state index in [9.17, 15) is 14.0 Å². The van der Waals surface area contributed by atoms with Crippen molar-refractivity contribution in [3.8, 4) is 0 Å². The highest BCUT2D eigenvalue weighted by molar-refractivity contribution is 5.87. The molecule has 1 heterocycles. The Morgan fingerprint density at radius 3 is 2.68 bits per heavy atom. The summed E-state index contributed by atoms with van der Waals surface area (Å²) in [5.74, 6) is -0.460. The zero-order valence-corrected chi connectivity index (χ0v) is 12.0. The molecule has 22 heavy (non-hydrogen) atoms. The van der Waals surface area contributed by atoms with Gasteiger partial charge in [-0.1, -0.05) is 17.3 Å². The minimum Gasteiger partial charge on any atom is -0.354 e. The summed E-state index contributed by atoms with van der Waals surface area (Å²) in [6, 6.07) is 6.13. The van der Waals surface area contributed by atoms with E-state index in [1.165, 1.54) is 29.9 Å².